The molecule has 0 saturated heterocycles. The number of rotatable bonds is 4. The summed E-state index contributed by atoms with van der Waals surface area (Å²) >= 11 is 0. The first-order valence-corrected chi connectivity index (χ1v) is 7.98. The third kappa shape index (κ3) is 4.45. The zero-order valence-corrected chi connectivity index (χ0v) is 14.1. The van der Waals surface area contributed by atoms with Crippen LogP contribution in [0.2, 0.25) is 0 Å². The summed E-state index contributed by atoms with van der Waals surface area (Å²) in [6.07, 6.45) is 0.128. The number of benzene rings is 3. The molecule has 0 aliphatic carbocycles. The Morgan fingerprint density at radius 1 is 0.923 bits per heavy atom. The number of hydrogen-bond donors (Lipinski definition) is 2. The van der Waals surface area contributed by atoms with E-state index in [4.69, 9.17) is 0 Å². The third-order valence-electron chi connectivity index (χ3n) is 3.65. The number of aryl methyl sites for hydroxylation is 1. The van der Waals surface area contributed by atoms with Gasteiger partial charge in [0.2, 0.25) is 0 Å². The summed E-state index contributed by atoms with van der Waals surface area (Å²) in [7, 11) is 0. The molecule has 0 aromatic heterocycles. The summed E-state index contributed by atoms with van der Waals surface area (Å²) in [5.74, 6) is -0.494. The summed E-state index contributed by atoms with van der Waals surface area (Å²) in [5.41, 5.74) is 2.32. The Morgan fingerprint density at radius 2 is 1.65 bits per heavy atom. The fourth-order valence-corrected chi connectivity index (χ4v) is 2.40. The lowest BCUT2D eigenvalue weighted by molar-refractivity contribution is -0.110. The number of hydrogen-bond acceptors (Lipinski definition) is 4. The lowest BCUT2D eigenvalue weighted by Gasteiger charge is -2.06. The van der Waals surface area contributed by atoms with Crippen LogP contribution in [-0.2, 0) is 9.63 Å². The van der Waals surface area contributed by atoms with Gasteiger partial charge in [0.1, 0.15) is 6.21 Å². The number of nitrogens with one attached hydrogen (secondary N) is 2. The molecule has 2 N–H and O–H groups in total. The minimum atomic E-state index is -0.777. The Balaban J connectivity index is 1.55. The van der Waals surface area contributed by atoms with E-state index in [2.05, 4.69) is 20.6 Å². The normalized spacial score (nSPS) is 10.7. The molecule has 0 heterocycles. The molecule has 0 unspecified atom stereocenters. The van der Waals surface area contributed by atoms with E-state index in [0.29, 0.717) is 11.4 Å². The first-order chi connectivity index (χ1) is 12.6. The van der Waals surface area contributed by atoms with Gasteiger partial charge in [-0.2, -0.15) is 0 Å². The van der Waals surface area contributed by atoms with Crippen molar-refractivity contribution >= 4 is 40.4 Å². The molecule has 3 aromatic carbocycles. The number of carbonyl (C=O) groups excluding carboxylic acids is 2. The Kier molecular flexibility index (Phi) is 5.24. The van der Waals surface area contributed by atoms with E-state index in [-0.39, 0.29) is 0 Å². The molecule has 0 spiro atoms. The van der Waals surface area contributed by atoms with Crippen LogP contribution in [0.4, 0.5) is 16.2 Å². The average Bonchev–Trinajstić information content (AvgIpc) is 2.64. The first-order valence-electron chi connectivity index (χ1n) is 7.98. The number of carbonyl (C=O) groups is 2. The molecule has 130 valence electrons. The van der Waals surface area contributed by atoms with Crippen molar-refractivity contribution in [1.29, 1.82) is 0 Å². The van der Waals surface area contributed by atoms with Crippen molar-refractivity contribution in [1.82, 2.24) is 0 Å². The van der Waals surface area contributed by atoms with Gasteiger partial charge < -0.3 is 5.32 Å². The standard InChI is InChI=1S/C20H17N3O3/c1-14-9-11-16(12-10-14)22-19(24)13-21-26-20(25)23-18-8-4-6-15-5-2-3-7-17(15)18/h2-13H,1H3,(H,22,24)(H,23,25)/b21-13-. The van der Waals surface area contributed by atoms with Gasteiger partial charge in [-0.05, 0) is 30.5 Å². The highest BCUT2D eigenvalue weighted by molar-refractivity contribution is 6.31. The Morgan fingerprint density at radius 3 is 2.46 bits per heavy atom. The molecule has 0 atom stereocenters. The zero-order chi connectivity index (χ0) is 18.4. The van der Waals surface area contributed by atoms with Gasteiger partial charge in [0, 0.05) is 11.1 Å². The van der Waals surface area contributed by atoms with Crippen molar-refractivity contribution in [2.45, 2.75) is 6.92 Å². The van der Waals surface area contributed by atoms with E-state index in [0.717, 1.165) is 22.6 Å². The van der Waals surface area contributed by atoms with E-state index >= 15 is 0 Å². The summed E-state index contributed by atoms with van der Waals surface area (Å²) < 4.78 is 0. The predicted octanol–water partition coefficient (Wildman–Crippen LogP) is 4.32. The molecular weight excluding hydrogens is 330 g/mol. The van der Waals surface area contributed by atoms with Crippen molar-refractivity contribution in [3.8, 4) is 0 Å². The lowest BCUT2D eigenvalue weighted by Crippen LogP contribution is -2.15. The van der Waals surface area contributed by atoms with Gasteiger partial charge in [-0.25, -0.2) is 4.79 Å². The fourth-order valence-electron chi connectivity index (χ4n) is 2.40. The lowest BCUT2D eigenvalue weighted by atomic mass is 10.1. The van der Waals surface area contributed by atoms with Gasteiger partial charge >= 0.3 is 6.09 Å². The molecule has 0 saturated carbocycles. The summed E-state index contributed by atoms with van der Waals surface area (Å²) in [6.45, 7) is 1.95. The maximum absolute atomic E-state index is 11.9. The van der Waals surface area contributed by atoms with E-state index in [1.165, 1.54) is 0 Å². The van der Waals surface area contributed by atoms with E-state index in [1.807, 2.05) is 55.5 Å². The van der Waals surface area contributed by atoms with Crippen LogP contribution in [-0.4, -0.2) is 18.2 Å². The van der Waals surface area contributed by atoms with Crippen molar-refractivity contribution in [2.75, 3.05) is 10.6 Å². The maximum Gasteiger partial charge on any atom is 0.437 e. The van der Waals surface area contributed by atoms with Crippen LogP contribution < -0.4 is 10.6 Å². The second-order valence-electron chi connectivity index (χ2n) is 5.62. The van der Waals surface area contributed by atoms with Gasteiger partial charge in [-0.15, -0.1) is 0 Å². The quantitative estimate of drug-likeness (QED) is 0.419. The maximum atomic E-state index is 11.9. The van der Waals surface area contributed by atoms with Crippen LogP contribution >= 0.6 is 0 Å². The molecule has 6 nitrogen and oxygen atoms in total. The molecule has 2 amide bonds. The highest BCUT2D eigenvalue weighted by atomic mass is 16.7. The molecule has 3 rings (SSSR count). The number of amides is 2. The van der Waals surface area contributed by atoms with E-state index < -0.39 is 12.0 Å². The summed E-state index contributed by atoms with van der Waals surface area (Å²) in [5, 5.41) is 10.5. The zero-order valence-electron chi connectivity index (χ0n) is 14.1. The van der Waals surface area contributed by atoms with Crippen LogP contribution in [0.1, 0.15) is 5.56 Å². The fraction of sp³-hybridized carbons (Fsp3) is 0.0500. The number of nitrogens with zero attached hydrogens (tertiary/aromatic N) is 1. The molecular formula is C20H17N3O3. The highest BCUT2D eigenvalue weighted by Crippen LogP contribution is 2.22. The topological polar surface area (TPSA) is 79.8 Å². The van der Waals surface area contributed by atoms with Gasteiger partial charge in [-0.3, -0.25) is 14.9 Å². The van der Waals surface area contributed by atoms with Crippen molar-refractivity contribution in [3.05, 3.63) is 72.3 Å². The number of anilines is 2. The Bertz CT molecular complexity index is 960. The average molecular weight is 347 g/mol. The van der Waals surface area contributed by atoms with E-state index in [1.54, 1.807) is 18.2 Å². The van der Waals surface area contributed by atoms with Crippen LogP contribution in [0.5, 0.6) is 0 Å². The molecule has 3 aromatic rings. The van der Waals surface area contributed by atoms with Crippen LogP contribution in [0.25, 0.3) is 10.8 Å². The van der Waals surface area contributed by atoms with Crippen molar-refractivity contribution in [2.24, 2.45) is 5.16 Å². The minimum absolute atomic E-state index is 0.494. The Hall–Kier alpha value is -3.67. The van der Waals surface area contributed by atoms with Gasteiger partial charge in [0.25, 0.3) is 5.91 Å². The molecule has 0 fully saturated rings. The smallest absolute Gasteiger partial charge is 0.321 e. The molecule has 0 radical (unpaired) electrons. The highest BCUT2D eigenvalue weighted by Gasteiger charge is 2.06. The van der Waals surface area contributed by atoms with E-state index in [9.17, 15) is 9.59 Å². The summed E-state index contributed by atoms with van der Waals surface area (Å²) in [4.78, 5) is 28.3. The van der Waals surface area contributed by atoms with Gasteiger partial charge in [-0.1, -0.05) is 59.3 Å². The number of fused-ring (bicyclic) bond motifs is 1. The van der Waals surface area contributed by atoms with Crippen LogP contribution in [0.3, 0.4) is 0 Å². The second kappa shape index (κ2) is 7.94. The third-order valence-corrected chi connectivity index (χ3v) is 3.65. The largest absolute Gasteiger partial charge is 0.437 e. The van der Waals surface area contributed by atoms with Crippen molar-refractivity contribution < 1.29 is 14.4 Å². The SMILES string of the molecule is Cc1ccc(NC(=O)/C=N\OC(=O)Nc2cccc3ccccc23)cc1. The first kappa shape index (κ1) is 17.2. The van der Waals surface area contributed by atoms with Gasteiger partial charge in [0.15, 0.2) is 0 Å². The minimum Gasteiger partial charge on any atom is -0.321 e. The second-order valence-corrected chi connectivity index (χ2v) is 5.62. The van der Waals surface area contributed by atoms with Gasteiger partial charge in [0.05, 0.1) is 5.69 Å². The molecule has 0 aliphatic heterocycles. The van der Waals surface area contributed by atoms with Crippen LogP contribution in [0.15, 0.2) is 71.9 Å². The predicted molar refractivity (Wildman–Crippen MR) is 102 cm³/mol. The summed E-state index contributed by atoms with van der Waals surface area (Å²) in [6, 6.07) is 20.5. The Labute approximate surface area is 150 Å². The molecule has 6 heteroatoms. The molecule has 0 bridgehead atoms. The van der Waals surface area contributed by atoms with Crippen molar-refractivity contribution in [3.63, 3.8) is 0 Å². The van der Waals surface area contributed by atoms with Crippen LogP contribution in [0, 0.1) is 6.92 Å². The number of oxime groups is 1. The molecule has 26 heavy (non-hydrogen) atoms. The molecule has 0 aliphatic rings. The monoisotopic (exact) mass is 347 g/mol.